The van der Waals surface area contributed by atoms with Crippen molar-refractivity contribution < 1.29 is 9.47 Å². The van der Waals surface area contributed by atoms with Crippen LogP contribution in [0.25, 0.3) is 0 Å². The Kier molecular flexibility index (Phi) is 5.45. The van der Waals surface area contributed by atoms with Gasteiger partial charge in [0.25, 0.3) is 0 Å². The van der Waals surface area contributed by atoms with Gasteiger partial charge in [0.2, 0.25) is 5.95 Å². The number of ether oxygens (including phenoxy) is 2. The standard InChI is InChI=1S/C19H27N5O2/c1-2-25-14-17-18-16(4-9-23(17)19-20-7-3-8-21-19)12-22-24(18)13-15-5-10-26-11-6-15/h3,7-8,12,15,17H,2,4-6,9-11,13-14H2,1H3/t17-/m1/s1. The van der Waals surface area contributed by atoms with Crippen LogP contribution >= 0.6 is 0 Å². The first-order valence-corrected chi connectivity index (χ1v) is 9.60. The van der Waals surface area contributed by atoms with Gasteiger partial charge in [-0.1, -0.05) is 0 Å². The number of hydrogen-bond acceptors (Lipinski definition) is 6. The van der Waals surface area contributed by atoms with Gasteiger partial charge in [0.15, 0.2) is 0 Å². The molecule has 0 spiro atoms. The lowest BCUT2D eigenvalue weighted by atomic mass is 9.98. The summed E-state index contributed by atoms with van der Waals surface area (Å²) in [5.74, 6) is 1.39. The zero-order valence-corrected chi connectivity index (χ0v) is 15.4. The molecular weight excluding hydrogens is 330 g/mol. The highest BCUT2D eigenvalue weighted by Crippen LogP contribution is 2.33. The highest BCUT2D eigenvalue weighted by Gasteiger charge is 2.33. The Morgan fingerprint density at radius 2 is 2.04 bits per heavy atom. The van der Waals surface area contributed by atoms with Gasteiger partial charge in [-0.3, -0.25) is 4.68 Å². The van der Waals surface area contributed by atoms with E-state index >= 15 is 0 Å². The van der Waals surface area contributed by atoms with Gasteiger partial charge in [-0.15, -0.1) is 0 Å². The second-order valence-corrected chi connectivity index (χ2v) is 6.96. The van der Waals surface area contributed by atoms with Gasteiger partial charge in [0.1, 0.15) is 0 Å². The number of nitrogens with zero attached hydrogens (tertiary/aromatic N) is 5. The third kappa shape index (κ3) is 3.59. The van der Waals surface area contributed by atoms with Crippen LogP contribution in [0.15, 0.2) is 24.7 Å². The minimum atomic E-state index is 0.100. The van der Waals surface area contributed by atoms with E-state index in [2.05, 4.69) is 19.5 Å². The number of hydrogen-bond donors (Lipinski definition) is 0. The summed E-state index contributed by atoms with van der Waals surface area (Å²) < 4.78 is 13.5. The molecule has 0 radical (unpaired) electrons. The fraction of sp³-hybridized carbons (Fsp3) is 0.632. The summed E-state index contributed by atoms with van der Waals surface area (Å²) in [7, 11) is 0. The van der Waals surface area contributed by atoms with Crippen molar-refractivity contribution in [3.8, 4) is 0 Å². The quantitative estimate of drug-likeness (QED) is 0.790. The first kappa shape index (κ1) is 17.4. The number of fused-ring (bicyclic) bond motifs is 1. The zero-order chi connectivity index (χ0) is 17.8. The van der Waals surface area contributed by atoms with Crippen molar-refractivity contribution in [1.29, 1.82) is 0 Å². The van der Waals surface area contributed by atoms with E-state index in [1.54, 1.807) is 12.4 Å². The van der Waals surface area contributed by atoms with Gasteiger partial charge in [-0.05, 0) is 43.7 Å². The van der Waals surface area contributed by atoms with Gasteiger partial charge in [0.05, 0.1) is 24.5 Å². The normalized spacial score (nSPS) is 21.0. The molecule has 7 heteroatoms. The minimum Gasteiger partial charge on any atom is -0.381 e. The van der Waals surface area contributed by atoms with E-state index in [9.17, 15) is 0 Å². The van der Waals surface area contributed by atoms with Crippen molar-refractivity contribution in [1.82, 2.24) is 19.7 Å². The molecule has 1 saturated heterocycles. The van der Waals surface area contributed by atoms with Crippen molar-refractivity contribution in [3.63, 3.8) is 0 Å². The van der Waals surface area contributed by atoms with E-state index in [-0.39, 0.29) is 6.04 Å². The fourth-order valence-electron chi connectivity index (χ4n) is 3.95. The van der Waals surface area contributed by atoms with Crippen molar-refractivity contribution in [2.45, 2.75) is 38.8 Å². The lowest BCUT2D eigenvalue weighted by Gasteiger charge is -2.36. The molecule has 0 unspecified atom stereocenters. The summed E-state index contributed by atoms with van der Waals surface area (Å²) in [5, 5.41) is 4.73. The molecule has 1 atom stereocenters. The molecule has 0 saturated carbocycles. The minimum absolute atomic E-state index is 0.100. The van der Waals surface area contributed by atoms with Crippen LogP contribution in [0.3, 0.4) is 0 Å². The molecule has 2 aliphatic heterocycles. The summed E-state index contributed by atoms with van der Waals surface area (Å²) in [6, 6.07) is 1.95. The maximum Gasteiger partial charge on any atom is 0.225 e. The second kappa shape index (κ2) is 8.14. The zero-order valence-electron chi connectivity index (χ0n) is 15.4. The predicted octanol–water partition coefficient (Wildman–Crippen LogP) is 2.24. The lowest BCUT2D eigenvalue weighted by molar-refractivity contribution is 0.0592. The first-order valence-electron chi connectivity index (χ1n) is 9.60. The van der Waals surface area contributed by atoms with Crippen molar-refractivity contribution in [2.24, 2.45) is 5.92 Å². The van der Waals surface area contributed by atoms with Crippen LogP contribution in [-0.2, 0) is 22.4 Å². The van der Waals surface area contributed by atoms with E-state index in [0.717, 1.165) is 51.5 Å². The molecule has 2 aromatic rings. The molecule has 7 nitrogen and oxygen atoms in total. The molecular formula is C19H27N5O2. The number of rotatable bonds is 6. The van der Waals surface area contributed by atoms with Crippen LogP contribution in [0.2, 0.25) is 0 Å². The largest absolute Gasteiger partial charge is 0.381 e. The van der Waals surface area contributed by atoms with Crippen molar-refractivity contribution in [3.05, 3.63) is 35.9 Å². The molecule has 0 aromatic carbocycles. The van der Waals surface area contributed by atoms with E-state index < -0.39 is 0 Å². The third-order valence-corrected chi connectivity index (χ3v) is 5.33. The molecule has 0 amide bonds. The Balaban J connectivity index is 1.62. The Morgan fingerprint density at radius 3 is 2.81 bits per heavy atom. The summed E-state index contributed by atoms with van der Waals surface area (Å²) >= 11 is 0. The lowest BCUT2D eigenvalue weighted by Crippen LogP contribution is -2.40. The maximum atomic E-state index is 5.84. The molecule has 1 fully saturated rings. The SMILES string of the molecule is CCOC[C@@H]1c2c(cnn2CC2CCOCC2)CCN1c1ncccn1. The van der Waals surface area contributed by atoms with Crippen LogP contribution < -0.4 is 4.90 Å². The average Bonchev–Trinajstić information content (AvgIpc) is 3.10. The van der Waals surface area contributed by atoms with Gasteiger partial charge in [-0.25, -0.2) is 9.97 Å². The Labute approximate surface area is 154 Å². The molecule has 4 heterocycles. The Bertz CT molecular complexity index is 699. The molecule has 0 N–H and O–H groups in total. The van der Waals surface area contributed by atoms with Crippen LogP contribution in [0.5, 0.6) is 0 Å². The van der Waals surface area contributed by atoms with Crippen molar-refractivity contribution >= 4 is 5.95 Å². The van der Waals surface area contributed by atoms with Crippen LogP contribution in [0, 0.1) is 5.92 Å². The number of aromatic nitrogens is 4. The Hall–Kier alpha value is -1.99. The third-order valence-electron chi connectivity index (χ3n) is 5.33. The first-order chi connectivity index (χ1) is 12.9. The molecule has 26 heavy (non-hydrogen) atoms. The molecule has 4 rings (SSSR count). The van der Waals surface area contributed by atoms with Crippen molar-refractivity contribution in [2.75, 3.05) is 37.9 Å². The summed E-state index contributed by atoms with van der Waals surface area (Å²) in [5.41, 5.74) is 2.59. The predicted molar refractivity (Wildman–Crippen MR) is 98.1 cm³/mol. The maximum absolute atomic E-state index is 5.84. The fourth-order valence-corrected chi connectivity index (χ4v) is 3.95. The monoisotopic (exact) mass is 357 g/mol. The van der Waals surface area contributed by atoms with Gasteiger partial charge in [-0.2, -0.15) is 5.10 Å². The van der Waals surface area contributed by atoms with Crippen LogP contribution in [0.4, 0.5) is 5.95 Å². The smallest absolute Gasteiger partial charge is 0.225 e. The summed E-state index contributed by atoms with van der Waals surface area (Å²) in [6.45, 7) is 6.92. The molecule has 0 bridgehead atoms. The molecule has 2 aromatic heterocycles. The van der Waals surface area contributed by atoms with E-state index in [1.165, 1.54) is 11.3 Å². The van der Waals surface area contributed by atoms with E-state index in [0.29, 0.717) is 19.1 Å². The van der Waals surface area contributed by atoms with Crippen LogP contribution in [-0.4, -0.2) is 52.7 Å². The Morgan fingerprint density at radius 1 is 1.23 bits per heavy atom. The molecule has 2 aliphatic rings. The van der Waals surface area contributed by atoms with E-state index in [1.807, 2.05) is 19.2 Å². The van der Waals surface area contributed by atoms with Gasteiger partial charge in [0, 0.05) is 45.3 Å². The topological polar surface area (TPSA) is 65.3 Å². The summed E-state index contributed by atoms with van der Waals surface area (Å²) in [6.07, 6.45) is 8.82. The second-order valence-electron chi connectivity index (χ2n) is 6.96. The van der Waals surface area contributed by atoms with Gasteiger partial charge >= 0.3 is 0 Å². The highest BCUT2D eigenvalue weighted by molar-refractivity contribution is 5.40. The molecule has 140 valence electrons. The van der Waals surface area contributed by atoms with E-state index in [4.69, 9.17) is 14.6 Å². The number of anilines is 1. The molecule has 0 aliphatic carbocycles. The van der Waals surface area contributed by atoms with Gasteiger partial charge < -0.3 is 14.4 Å². The average molecular weight is 357 g/mol. The summed E-state index contributed by atoms with van der Waals surface area (Å²) in [4.78, 5) is 11.2. The van der Waals surface area contributed by atoms with Crippen LogP contribution in [0.1, 0.15) is 37.1 Å². The highest BCUT2D eigenvalue weighted by atomic mass is 16.5.